The van der Waals surface area contributed by atoms with Crippen molar-refractivity contribution < 1.29 is 20.1 Å². The van der Waals surface area contributed by atoms with Gasteiger partial charge < -0.3 is 20.1 Å². The van der Waals surface area contributed by atoms with E-state index in [0.717, 1.165) is 24.1 Å². The van der Waals surface area contributed by atoms with Gasteiger partial charge in [-0.1, -0.05) is 13.0 Å². The summed E-state index contributed by atoms with van der Waals surface area (Å²) >= 11 is 0. The molecule has 2 saturated carbocycles. The molecule has 1 saturated heterocycles. The number of hydrogen-bond acceptors (Lipinski definition) is 5. The molecule has 0 aromatic heterocycles. The number of benzene rings is 1. The molecule has 3 unspecified atom stereocenters. The smallest absolute Gasteiger partial charge is 0.165 e. The molecule has 7 atom stereocenters. The first-order valence-electron chi connectivity index (χ1n) is 8.61. The number of likely N-dealkylation sites (tertiary alicyclic amines) is 1. The van der Waals surface area contributed by atoms with Crippen LogP contribution >= 0.6 is 0 Å². The maximum atomic E-state index is 11.7. The van der Waals surface area contributed by atoms with E-state index in [9.17, 15) is 15.3 Å². The number of aromatic hydroxyl groups is 1. The molecule has 3 N–H and O–H groups in total. The number of aryl methyl sites for hydroxylation is 1. The van der Waals surface area contributed by atoms with Gasteiger partial charge >= 0.3 is 0 Å². The Morgan fingerprint density at radius 1 is 1.39 bits per heavy atom. The van der Waals surface area contributed by atoms with E-state index in [4.69, 9.17) is 4.74 Å². The number of phenolic OH excluding ortho intramolecular Hbond substituents is 1. The first-order valence-corrected chi connectivity index (χ1v) is 8.61. The Labute approximate surface area is 135 Å². The van der Waals surface area contributed by atoms with Crippen LogP contribution in [0.15, 0.2) is 12.1 Å². The first kappa shape index (κ1) is 14.1. The Morgan fingerprint density at radius 2 is 2.17 bits per heavy atom. The number of hydrogen-bond donors (Lipinski definition) is 3. The van der Waals surface area contributed by atoms with E-state index >= 15 is 0 Å². The highest BCUT2D eigenvalue weighted by atomic mass is 16.5. The number of rotatable bonds is 1. The van der Waals surface area contributed by atoms with Crippen LogP contribution in [0.5, 0.6) is 11.5 Å². The van der Waals surface area contributed by atoms with Crippen LogP contribution < -0.4 is 4.74 Å². The second kappa shape index (κ2) is 4.02. The van der Waals surface area contributed by atoms with Crippen molar-refractivity contribution in [2.24, 2.45) is 0 Å². The zero-order chi connectivity index (χ0) is 16.1. The number of fused-ring (bicyclic) bond motifs is 3. The fourth-order valence-electron chi connectivity index (χ4n) is 6.05. The summed E-state index contributed by atoms with van der Waals surface area (Å²) in [4.78, 5) is 2.34. The van der Waals surface area contributed by atoms with E-state index in [1.807, 2.05) is 13.0 Å². The second-order valence-corrected chi connectivity index (χ2v) is 7.69. The number of piperidine rings is 1. The molecule has 1 aromatic carbocycles. The molecular weight excluding hydrogens is 294 g/mol. The van der Waals surface area contributed by atoms with Gasteiger partial charge in [-0.3, -0.25) is 4.90 Å². The molecule has 2 heterocycles. The highest BCUT2D eigenvalue weighted by Crippen LogP contribution is 2.69. The average Bonchev–Trinajstić information content (AvgIpc) is 2.99. The first-order chi connectivity index (χ1) is 11.0. The Hall–Kier alpha value is -1.30. The van der Waals surface area contributed by atoms with E-state index in [2.05, 4.69) is 11.8 Å². The van der Waals surface area contributed by atoms with Crippen LogP contribution in [-0.4, -0.2) is 56.7 Å². The summed E-state index contributed by atoms with van der Waals surface area (Å²) in [5.41, 5.74) is 0.467. The van der Waals surface area contributed by atoms with Crippen LogP contribution in [0.2, 0.25) is 0 Å². The minimum absolute atomic E-state index is 0.108. The summed E-state index contributed by atoms with van der Waals surface area (Å²) in [6.07, 6.45) is 0.850. The summed E-state index contributed by atoms with van der Waals surface area (Å²) in [5, 5.41) is 32.6. The molecule has 3 fully saturated rings. The van der Waals surface area contributed by atoms with Crippen molar-refractivity contribution in [3.63, 3.8) is 0 Å². The van der Waals surface area contributed by atoms with Crippen molar-refractivity contribution in [2.45, 2.75) is 68.4 Å². The fourth-order valence-corrected chi connectivity index (χ4v) is 6.05. The topological polar surface area (TPSA) is 72.9 Å². The Balaban J connectivity index is 1.75. The third kappa shape index (κ3) is 1.33. The lowest BCUT2D eigenvalue weighted by molar-refractivity contribution is -0.144. The maximum Gasteiger partial charge on any atom is 0.165 e. The summed E-state index contributed by atoms with van der Waals surface area (Å²) in [6.45, 7) is 5.06. The van der Waals surface area contributed by atoms with E-state index in [1.165, 1.54) is 0 Å². The lowest BCUT2D eigenvalue weighted by Gasteiger charge is -2.51. The van der Waals surface area contributed by atoms with Crippen molar-refractivity contribution in [2.75, 3.05) is 6.54 Å². The molecule has 5 heteroatoms. The zero-order valence-corrected chi connectivity index (χ0v) is 13.5. The quantitative estimate of drug-likeness (QED) is 0.676. The van der Waals surface area contributed by atoms with Gasteiger partial charge in [-0.25, -0.2) is 0 Å². The van der Waals surface area contributed by atoms with Crippen LogP contribution in [0.4, 0.5) is 0 Å². The lowest BCUT2D eigenvalue weighted by atomic mass is 9.58. The minimum atomic E-state index is -0.888. The standard InChI is InChI=1S/C18H23NO4/c1-3-19-10-8-17-13-9(2)4-5-11(20)14(13)23-16(17)12(21)6-7-18(17,22)15(10)19/h4-5,10,12,15-16,20-22H,3,6-8H2,1-2H3/t10?,12?,15-,16+,17+,18-,19?/m1/s1. The largest absolute Gasteiger partial charge is 0.504 e. The predicted molar refractivity (Wildman–Crippen MR) is 83.7 cm³/mol. The van der Waals surface area contributed by atoms with E-state index in [0.29, 0.717) is 24.6 Å². The molecule has 1 spiro atoms. The SMILES string of the molecule is CCN1C2C[C@]34c5c(C)ccc(O)c5O[C@H]3C(O)CC[C@@]4(O)[C@@H]21. The molecule has 2 aliphatic carbocycles. The van der Waals surface area contributed by atoms with Gasteiger partial charge in [-0.05, 0) is 44.4 Å². The van der Waals surface area contributed by atoms with Crippen molar-refractivity contribution in [1.29, 1.82) is 0 Å². The van der Waals surface area contributed by atoms with Crippen molar-refractivity contribution >= 4 is 0 Å². The maximum absolute atomic E-state index is 11.7. The Morgan fingerprint density at radius 3 is 2.91 bits per heavy atom. The molecule has 0 radical (unpaired) electrons. The number of ether oxygens (including phenoxy) is 1. The number of likely N-dealkylation sites (N-methyl/N-ethyl adjacent to an activating group) is 1. The number of nitrogens with zero attached hydrogens (tertiary/aromatic N) is 1. The van der Waals surface area contributed by atoms with Crippen LogP contribution in [0.1, 0.15) is 37.3 Å². The fraction of sp³-hybridized carbons (Fsp3) is 0.667. The monoisotopic (exact) mass is 317 g/mol. The number of phenols is 1. The summed E-state index contributed by atoms with van der Waals surface area (Å²) in [5.74, 6) is 0.579. The summed E-state index contributed by atoms with van der Waals surface area (Å²) in [7, 11) is 0. The lowest BCUT2D eigenvalue weighted by Crippen LogP contribution is -2.65. The summed E-state index contributed by atoms with van der Waals surface area (Å²) < 4.78 is 6.06. The molecule has 0 amide bonds. The van der Waals surface area contributed by atoms with E-state index in [-0.39, 0.29) is 11.8 Å². The van der Waals surface area contributed by atoms with Gasteiger partial charge in [-0.15, -0.1) is 0 Å². The molecule has 5 nitrogen and oxygen atoms in total. The van der Waals surface area contributed by atoms with Crippen LogP contribution in [0, 0.1) is 6.92 Å². The van der Waals surface area contributed by atoms with Crippen LogP contribution in [0.3, 0.4) is 0 Å². The van der Waals surface area contributed by atoms with Crippen molar-refractivity contribution in [1.82, 2.24) is 4.90 Å². The molecule has 0 bridgehead atoms. The van der Waals surface area contributed by atoms with Gasteiger partial charge in [-0.2, -0.15) is 0 Å². The molecule has 4 aliphatic rings. The number of aliphatic hydroxyl groups is 2. The van der Waals surface area contributed by atoms with Gasteiger partial charge in [0, 0.05) is 11.6 Å². The van der Waals surface area contributed by atoms with Gasteiger partial charge in [0.15, 0.2) is 11.5 Å². The zero-order valence-electron chi connectivity index (χ0n) is 13.5. The van der Waals surface area contributed by atoms with Crippen molar-refractivity contribution in [3.8, 4) is 11.5 Å². The molecule has 5 rings (SSSR count). The molecular formula is C18H23NO4. The van der Waals surface area contributed by atoms with E-state index in [1.54, 1.807) is 6.07 Å². The molecule has 1 aromatic rings. The van der Waals surface area contributed by atoms with Gasteiger partial charge in [0.2, 0.25) is 0 Å². The van der Waals surface area contributed by atoms with Crippen LogP contribution in [-0.2, 0) is 5.41 Å². The van der Waals surface area contributed by atoms with Crippen LogP contribution in [0.25, 0.3) is 0 Å². The van der Waals surface area contributed by atoms with Gasteiger partial charge in [0.1, 0.15) is 6.10 Å². The Kier molecular flexibility index (Phi) is 2.46. The molecule has 23 heavy (non-hydrogen) atoms. The average molecular weight is 317 g/mol. The third-order valence-corrected chi connectivity index (χ3v) is 6.91. The third-order valence-electron chi connectivity index (χ3n) is 6.91. The van der Waals surface area contributed by atoms with Gasteiger partial charge in [0.25, 0.3) is 0 Å². The minimum Gasteiger partial charge on any atom is -0.504 e. The summed E-state index contributed by atoms with van der Waals surface area (Å²) in [6, 6.07) is 4.03. The normalized spacial score (nSPS) is 49.0. The van der Waals surface area contributed by atoms with E-state index < -0.39 is 23.2 Å². The molecule has 124 valence electrons. The highest BCUT2D eigenvalue weighted by Gasteiger charge is 2.80. The Bertz CT molecular complexity index is 707. The van der Waals surface area contributed by atoms with Gasteiger partial charge in [0.05, 0.1) is 23.2 Å². The number of aliphatic hydroxyl groups excluding tert-OH is 1. The highest BCUT2D eigenvalue weighted by molar-refractivity contribution is 5.61. The predicted octanol–water partition coefficient (Wildman–Crippen LogP) is 1.06. The molecule has 2 aliphatic heterocycles. The second-order valence-electron chi connectivity index (χ2n) is 7.69. The van der Waals surface area contributed by atoms with Crippen molar-refractivity contribution in [3.05, 3.63) is 23.3 Å².